The first-order chi connectivity index (χ1) is 15.6. The molecule has 0 unspecified atom stereocenters. The molecule has 3 aromatic rings. The van der Waals surface area contributed by atoms with E-state index in [2.05, 4.69) is 12.2 Å². The second-order valence-electron chi connectivity index (χ2n) is 8.38. The second-order valence-corrected chi connectivity index (χ2v) is 9.48. The first-order valence-corrected chi connectivity index (χ1v) is 11.9. The number of hydrogen-bond donors (Lipinski definition) is 1. The van der Waals surface area contributed by atoms with E-state index in [4.69, 9.17) is 9.47 Å². The Hall–Kier alpha value is -3.12. The molecule has 2 aliphatic rings. The smallest absolute Gasteiger partial charge is 0.341 e. The largest absolute Gasteiger partial charge is 0.462 e. The SMILES string of the molecule is CCOC(=O)c1c(NC(=O)C2c3ccccc3Oc3ccccc32)sc2c1CC[C@H](C)C2. The number of anilines is 1. The lowest BCUT2D eigenvalue weighted by atomic mass is 9.87. The third-order valence-corrected chi connectivity index (χ3v) is 7.34. The normalized spacial score (nSPS) is 16.9. The molecule has 1 N–H and O–H groups in total. The van der Waals surface area contributed by atoms with Crippen LogP contribution in [-0.4, -0.2) is 18.5 Å². The number of amides is 1. The summed E-state index contributed by atoms with van der Waals surface area (Å²) < 4.78 is 11.4. The van der Waals surface area contributed by atoms with Crippen LogP contribution in [0.25, 0.3) is 0 Å². The topological polar surface area (TPSA) is 64.6 Å². The summed E-state index contributed by atoms with van der Waals surface area (Å²) in [5.41, 5.74) is 3.20. The lowest BCUT2D eigenvalue weighted by Gasteiger charge is -2.27. The highest BCUT2D eigenvalue weighted by molar-refractivity contribution is 7.17. The molecule has 164 valence electrons. The number of esters is 1. The standard InChI is InChI=1S/C26H25NO4S/c1-3-30-26(29)23-18-13-12-15(2)14-21(18)32-25(23)27-24(28)22-16-8-4-6-10-19(16)31-20-11-7-5-9-17(20)22/h4-11,15,22H,3,12-14H2,1-2H3,(H,27,28)/t15-/m0/s1. The fourth-order valence-electron chi connectivity index (χ4n) is 4.63. The van der Waals surface area contributed by atoms with Crippen molar-refractivity contribution in [1.82, 2.24) is 0 Å². The Morgan fingerprint density at radius 3 is 2.41 bits per heavy atom. The van der Waals surface area contributed by atoms with Gasteiger partial charge in [-0.2, -0.15) is 0 Å². The molecule has 5 nitrogen and oxygen atoms in total. The van der Waals surface area contributed by atoms with Crippen molar-refractivity contribution < 1.29 is 19.1 Å². The van der Waals surface area contributed by atoms with E-state index in [9.17, 15) is 9.59 Å². The third-order valence-electron chi connectivity index (χ3n) is 6.17. The number of fused-ring (bicyclic) bond motifs is 3. The van der Waals surface area contributed by atoms with Crippen molar-refractivity contribution in [2.75, 3.05) is 11.9 Å². The van der Waals surface area contributed by atoms with Crippen molar-refractivity contribution in [2.24, 2.45) is 5.92 Å². The molecule has 0 saturated heterocycles. The number of thiophene rings is 1. The average molecular weight is 448 g/mol. The zero-order valence-corrected chi connectivity index (χ0v) is 19.0. The molecule has 6 heteroatoms. The van der Waals surface area contributed by atoms with Crippen LogP contribution in [0.5, 0.6) is 11.5 Å². The van der Waals surface area contributed by atoms with Crippen LogP contribution >= 0.6 is 11.3 Å². The van der Waals surface area contributed by atoms with E-state index in [1.165, 1.54) is 16.2 Å². The molecule has 2 aromatic carbocycles. The van der Waals surface area contributed by atoms with Crippen molar-refractivity contribution in [2.45, 2.75) is 39.0 Å². The lowest BCUT2D eigenvalue weighted by Crippen LogP contribution is -2.25. The fraction of sp³-hybridized carbons (Fsp3) is 0.308. The van der Waals surface area contributed by atoms with Gasteiger partial charge < -0.3 is 14.8 Å². The molecular formula is C26H25NO4S. The highest BCUT2D eigenvalue weighted by Crippen LogP contribution is 2.45. The molecule has 0 radical (unpaired) electrons. The zero-order valence-electron chi connectivity index (χ0n) is 18.1. The van der Waals surface area contributed by atoms with Gasteiger partial charge in [-0.1, -0.05) is 43.3 Å². The van der Waals surface area contributed by atoms with E-state index in [0.29, 0.717) is 34.6 Å². The molecule has 32 heavy (non-hydrogen) atoms. The number of para-hydroxylation sites is 2. The first kappa shape index (κ1) is 20.8. The summed E-state index contributed by atoms with van der Waals surface area (Å²) in [7, 11) is 0. The summed E-state index contributed by atoms with van der Waals surface area (Å²) in [6, 6.07) is 15.2. The molecular weight excluding hydrogens is 422 g/mol. The Balaban J connectivity index is 1.55. The van der Waals surface area contributed by atoms with Crippen LogP contribution in [0.3, 0.4) is 0 Å². The number of rotatable bonds is 4. The second kappa shape index (κ2) is 8.43. The Bertz CT molecular complexity index is 1150. The van der Waals surface area contributed by atoms with Gasteiger partial charge in [-0.25, -0.2) is 4.79 Å². The van der Waals surface area contributed by atoms with Crippen molar-refractivity contribution in [3.05, 3.63) is 75.7 Å². The van der Waals surface area contributed by atoms with E-state index < -0.39 is 5.92 Å². The number of carbonyl (C=O) groups is 2. The van der Waals surface area contributed by atoms with Gasteiger partial charge in [0.25, 0.3) is 0 Å². The summed E-state index contributed by atoms with van der Waals surface area (Å²) in [6.07, 6.45) is 2.79. The molecule has 2 heterocycles. The van der Waals surface area contributed by atoms with Gasteiger partial charge in [0.15, 0.2) is 0 Å². The Kier molecular flexibility index (Phi) is 5.47. The minimum atomic E-state index is -0.524. The average Bonchev–Trinajstić information content (AvgIpc) is 3.14. The molecule has 1 aliphatic heterocycles. The highest BCUT2D eigenvalue weighted by atomic mass is 32.1. The van der Waals surface area contributed by atoms with Crippen molar-refractivity contribution in [3.8, 4) is 11.5 Å². The molecule has 0 saturated carbocycles. The van der Waals surface area contributed by atoms with Gasteiger partial charge in [0.05, 0.1) is 18.1 Å². The summed E-state index contributed by atoms with van der Waals surface area (Å²) in [5.74, 6) is 0.860. The van der Waals surface area contributed by atoms with Crippen molar-refractivity contribution in [3.63, 3.8) is 0 Å². The van der Waals surface area contributed by atoms with Crippen LogP contribution in [0.4, 0.5) is 5.00 Å². The van der Waals surface area contributed by atoms with Crippen LogP contribution in [0, 0.1) is 5.92 Å². The first-order valence-electron chi connectivity index (χ1n) is 11.0. The van der Waals surface area contributed by atoms with Gasteiger partial charge in [-0.05, 0) is 49.8 Å². The van der Waals surface area contributed by atoms with Gasteiger partial charge in [0.1, 0.15) is 16.5 Å². The Morgan fingerprint density at radius 1 is 1.09 bits per heavy atom. The molecule has 0 spiro atoms. The van der Waals surface area contributed by atoms with E-state index in [1.54, 1.807) is 6.92 Å². The molecule has 1 aliphatic carbocycles. The third kappa shape index (κ3) is 3.58. The maximum atomic E-state index is 13.7. The minimum absolute atomic E-state index is 0.176. The Labute approximate surface area is 191 Å². The van der Waals surface area contributed by atoms with Crippen molar-refractivity contribution in [1.29, 1.82) is 0 Å². The predicted molar refractivity (Wildman–Crippen MR) is 125 cm³/mol. The highest BCUT2D eigenvalue weighted by Gasteiger charge is 2.35. The van der Waals surface area contributed by atoms with E-state index in [-0.39, 0.29) is 11.9 Å². The van der Waals surface area contributed by atoms with Gasteiger partial charge in [-0.15, -0.1) is 11.3 Å². The maximum Gasteiger partial charge on any atom is 0.341 e. The number of benzene rings is 2. The molecule has 1 amide bonds. The van der Waals surface area contributed by atoms with Crippen LogP contribution in [0.1, 0.15) is 58.1 Å². The molecule has 1 aromatic heterocycles. The predicted octanol–water partition coefficient (Wildman–Crippen LogP) is 5.93. The van der Waals surface area contributed by atoms with E-state index in [1.807, 2.05) is 48.5 Å². The summed E-state index contributed by atoms with van der Waals surface area (Å²) in [4.78, 5) is 27.7. The molecule has 1 atom stereocenters. The molecule has 5 rings (SSSR count). The summed E-state index contributed by atoms with van der Waals surface area (Å²) in [5, 5.41) is 3.69. The van der Waals surface area contributed by atoms with Crippen LogP contribution in [-0.2, 0) is 22.4 Å². The van der Waals surface area contributed by atoms with Crippen LogP contribution in [0.2, 0.25) is 0 Å². The lowest BCUT2D eigenvalue weighted by molar-refractivity contribution is -0.116. The van der Waals surface area contributed by atoms with Gasteiger partial charge in [0, 0.05) is 16.0 Å². The minimum Gasteiger partial charge on any atom is -0.462 e. The van der Waals surface area contributed by atoms with E-state index >= 15 is 0 Å². The number of ether oxygens (including phenoxy) is 2. The molecule has 0 bridgehead atoms. The summed E-state index contributed by atoms with van der Waals surface area (Å²) in [6.45, 7) is 4.32. The Morgan fingerprint density at radius 2 is 1.75 bits per heavy atom. The van der Waals surface area contributed by atoms with Gasteiger partial charge >= 0.3 is 5.97 Å². The number of carbonyl (C=O) groups excluding carboxylic acids is 2. The van der Waals surface area contributed by atoms with E-state index in [0.717, 1.165) is 36.0 Å². The van der Waals surface area contributed by atoms with Crippen molar-refractivity contribution >= 4 is 28.2 Å². The molecule has 0 fully saturated rings. The van der Waals surface area contributed by atoms with Gasteiger partial charge in [-0.3, -0.25) is 4.79 Å². The fourth-order valence-corrected chi connectivity index (χ4v) is 6.04. The summed E-state index contributed by atoms with van der Waals surface area (Å²) >= 11 is 1.51. The van der Waals surface area contributed by atoms with Crippen LogP contribution in [0.15, 0.2) is 48.5 Å². The zero-order chi connectivity index (χ0) is 22.2. The van der Waals surface area contributed by atoms with Crippen LogP contribution < -0.4 is 10.1 Å². The quantitative estimate of drug-likeness (QED) is 0.504. The maximum absolute atomic E-state index is 13.7. The number of hydrogen-bond acceptors (Lipinski definition) is 5. The van der Waals surface area contributed by atoms with Gasteiger partial charge in [0.2, 0.25) is 5.91 Å². The number of nitrogens with one attached hydrogen (secondary N) is 1. The monoisotopic (exact) mass is 447 g/mol.